The first-order valence-electron chi connectivity index (χ1n) is 6.05. The number of likely N-dealkylation sites (tertiary alicyclic amines) is 2. The van der Waals surface area contributed by atoms with Crippen LogP contribution in [-0.4, -0.2) is 66.2 Å². The number of aliphatic hydroxyl groups is 1. The Labute approximate surface area is 96.2 Å². The summed E-state index contributed by atoms with van der Waals surface area (Å²) in [7, 11) is 0. The minimum absolute atomic E-state index is 0.195. The van der Waals surface area contributed by atoms with Crippen LogP contribution in [0, 0.1) is 5.92 Å². The molecule has 2 heterocycles. The predicted molar refractivity (Wildman–Crippen MR) is 60.8 cm³/mol. The van der Waals surface area contributed by atoms with Gasteiger partial charge in [-0.2, -0.15) is 0 Å². The third-order valence-electron chi connectivity index (χ3n) is 3.56. The molecule has 0 unspecified atom stereocenters. The lowest BCUT2D eigenvalue weighted by atomic mass is 10.0. The first-order chi connectivity index (χ1) is 7.69. The summed E-state index contributed by atoms with van der Waals surface area (Å²) in [5, 5.41) is 8.87. The van der Waals surface area contributed by atoms with Gasteiger partial charge in [0.15, 0.2) is 0 Å². The largest absolute Gasteiger partial charge is 0.396 e. The molecule has 0 aromatic rings. The number of nitrogens with zero attached hydrogens (tertiary/aromatic N) is 2. The standard InChI is InChI=1S/C11H21N3O2/c12-10-1-3-13(4-2-10)7-11(16)14-5-9(6-14)8-15/h9-10,15H,1-8,12H2. The quantitative estimate of drug-likeness (QED) is 0.639. The molecule has 2 aliphatic rings. The number of amides is 1. The van der Waals surface area contributed by atoms with Crippen molar-refractivity contribution >= 4 is 5.91 Å². The Morgan fingerprint density at radius 3 is 2.50 bits per heavy atom. The van der Waals surface area contributed by atoms with Gasteiger partial charge in [0.2, 0.25) is 5.91 Å². The minimum Gasteiger partial charge on any atom is -0.396 e. The van der Waals surface area contributed by atoms with E-state index in [0.717, 1.165) is 39.0 Å². The second-order valence-electron chi connectivity index (χ2n) is 4.96. The smallest absolute Gasteiger partial charge is 0.236 e. The highest BCUT2D eigenvalue weighted by molar-refractivity contribution is 5.79. The van der Waals surface area contributed by atoms with E-state index >= 15 is 0 Å². The molecule has 2 aliphatic heterocycles. The first kappa shape index (κ1) is 11.8. The number of nitrogens with two attached hydrogens (primary N) is 1. The molecule has 3 N–H and O–H groups in total. The average Bonchev–Trinajstić information content (AvgIpc) is 2.20. The molecule has 0 atom stereocenters. The minimum atomic E-state index is 0.195. The fraction of sp³-hybridized carbons (Fsp3) is 0.909. The molecule has 1 amide bonds. The second kappa shape index (κ2) is 5.12. The Morgan fingerprint density at radius 1 is 1.31 bits per heavy atom. The summed E-state index contributed by atoms with van der Waals surface area (Å²) in [6.07, 6.45) is 1.99. The molecule has 0 aliphatic carbocycles. The molecule has 0 bridgehead atoms. The molecule has 0 aromatic heterocycles. The van der Waals surface area contributed by atoms with Crippen LogP contribution in [0.2, 0.25) is 0 Å². The maximum absolute atomic E-state index is 11.8. The monoisotopic (exact) mass is 227 g/mol. The van der Waals surface area contributed by atoms with E-state index in [1.165, 1.54) is 0 Å². The van der Waals surface area contributed by atoms with Crippen molar-refractivity contribution in [1.29, 1.82) is 0 Å². The van der Waals surface area contributed by atoms with Crippen LogP contribution >= 0.6 is 0 Å². The van der Waals surface area contributed by atoms with Crippen molar-refractivity contribution in [1.82, 2.24) is 9.80 Å². The average molecular weight is 227 g/mol. The molecule has 2 rings (SSSR count). The van der Waals surface area contributed by atoms with Gasteiger partial charge in [0, 0.05) is 44.7 Å². The van der Waals surface area contributed by atoms with Crippen molar-refractivity contribution in [3.8, 4) is 0 Å². The molecule has 0 spiro atoms. The van der Waals surface area contributed by atoms with E-state index in [1.54, 1.807) is 0 Å². The first-order valence-corrected chi connectivity index (χ1v) is 6.05. The van der Waals surface area contributed by atoms with Gasteiger partial charge in [0.25, 0.3) is 0 Å². The van der Waals surface area contributed by atoms with Crippen molar-refractivity contribution in [2.75, 3.05) is 39.3 Å². The summed E-state index contributed by atoms with van der Waals surface area (Å²) in [6.45, 7) is 4.03. The van der Waals surface area contributed by atoms with Crippen molar-refractivity contribution < 1.29 is 9.90 Å². The Balaban J connectivity index is 1.68. The number of rotatable bonds is 3. The van der Waals surface area contributed by atoms with Gasteiger partial charge in [-0.15, -0.1) is 0 Å². The van der Waals surface area contributed by atoms with Crippen LogP contribution in [0.3, 0.4) is 0 Å². The molecule has 0 radical (unpaired) electrons. The van der Waals surface area contributed by atoms with Crippen LogP contribution in [0.5, 0.6) is 0 Å². The van der Waals surface area contributed by atoms with E-state index in [4.69, 9.17) is 10.8 Å². The van der Waals surface area contributed by atoms with E-state index in [2.05, 4.69) is 4.90 Å². The third kappa shape index (κ3) is 2.72. The van der Waals surface area contributed by atoms with Crippen molar-refractivity contribution in [2.24, 2.45) is 11.7 Å². The van der Waals surface area contributed by atoms with E-state index < -0.39 is 0 Å². The highest BCUT2D eigenvalue weighted by atomic mass is 16.3. The molecule has 5 nitrogen and oxygen atoms in total. The van der Waals surface area contributed by atoms with Crippen LogP contribution in [0.1, 0.15) is 12.8 Å². The zero-order valence-corrected chi connectivity index (χ0v) is 9.64. The molecule has 92 valence electrons. The van der Waals surface area contributed by atoms with E-state index in [9.17, 15) is 4.79 Å². The number of aliphatic hydroxyl groups excluding tert-OH is 1. The molecule has 0 aromatic carbocycles. The highest BCUT2D eigenvalue weighted by Crippen LogP contribution is 2.15. The number of hydrogen-bond acceptors (Lipinski definition) is 4. The molecular formula is C11H21N3O2. The van der Waals surface area contributed by atoms with E-state index in [-0.39, 0.29) is 12.5 Å². The van der Waals surface area contributed by atoms with Crippen LogP contribution in [-0.2, 0) is 4.79 Å². The zero-order chi connectivity index (χ0) is 11.5. The van der Waals surface area contributed by atoms with Crippen molar-refractivity contribution in [3.05, 3.63) is 0 Å². The summed E-state index contributed by atoms with van der Waals surface area (Å²) < 4.78 is 0. The fourth-order valence-electron chi connectivity index (χ4n) is 2.29. The van der Waals surface area contributed by atoms with Crippen LogP contribution in [0.4, 0.5) is 0 Å². The molecule has 2 saturated heterocycles. The van der Waals surface area contributed by atoms with Gasteiger partial charge in [0.05, 0.1) is 6.54 Å². The molecule has 16 heavy (non-hydrogen) atoms. The second-order valence-corrected chi connectivity index (χ2v) is 4.96. The van der Waals surface area contributed by atoms with Crippen LogP contribution in [0.25, 0.3) is 0 Å². The predicted octanol–water partition coefficient (Wildman–Crippen LogP) is -1.14. The normalized spacial score (nSPS) is 24.5. The lowest BCUT2D eigenvalue weighted by Gasteiger charge is -2.40. The van der Waals surface area contributed by atoms with Gasteiger partial charge in [-0.25, -0.2) is 0 Å². The third-order valence-corrected chi connectivity index (χ3v) is 3.56. The number of carbonyl (C=O) groups is 1. The maximum atomic E-state index is 11.8. The lowest BCUT2D eigenvalue weighted by molar-refractivity contribution is -0.139. The van der Waals surface area contributed by atoms with Crippen molar-refractivity contribution in [2.45, 2.75) is 18.9 Å². The summed E-state index contributed by atoms with van der Waals surface area (Å²) in [5.74, 6) is 0.499. The van der Waals surface area contributed by atoms with Gasteiger partial charge in [-0.05, 0) is 12.8 Å². The number of carbonyl (C=O) groups excluding carboxylic acids is 1. The molecular weight excluding hydrogens is 206 g/mol. The van der Waals surface area contributed by atoms with Gasteiger partial charge in [-0.3, -0.25) is 9.69 Å². The SMILES string of the molecule is NC1CCN(CC(=O)N2CC(CO)C2)CC1. The Hall–Kier alpha value is -0.650. The number of hydrogen-bond donors (Lipinski definition) is 2. The summed E-state index contributed by atoms with van der Waals surface area (Å²) in [5.41, 5.74) is 5.81. The molecule has 2 fully saturated rings. The summed E-state index contributed by atoms with van der Waals surface area (Å²) in [6, 6.07) is 0.314. The summed E-state index contributed by atoms with van der Waals surface area (Å²) in [4.78, 5) is 15.8. The van der Waals surface area contributed by atoms with Gasteiger partial charge < -0.3 is 15.7 Å². The lowest BCUT2D eigenvalue weighted by Crippen LogP contribution is -2.55. The Bertz CT molecular complexity index is 246. The highest BCUT2D eigenvalue weighted by Gasteiger charge is 2.30. The van der Waals surface area contributed by atoms with Gasteiger partial charge >= 0.3 is 0 Å². The summed E-state index contributed by atoms with van der Waals surface area (Å²) >= 11 is 0. The van der Waals surface area contributed by atoms with E-state index in [1.807, 2.05) is 4.90 Å². The molecule has 0 saturated carbocycles. The van der Waals surface area contributed by atoms with Gasteiger partial charge in [-0.1, -0.05) is 0 Å². The Kier molecular flexibility index (Phi) is 3.78. The Morgan fingerprint density at radius 2 is 1.94 bits per heavy atom. The van der Waals surface area contributed by atoms with Crippen LogP contribution in [0.15, 0.2) is 0 Å². The topological polar surface area (TPSA) is 69.8 Å². The van der Waals surface area contributed by atoms with Crippen LogP contribution < -0.4 is 5.73 Å². The van der Waals surface area contributed by atoms with Crippen molar-refractivity contribution in [3.63, 3.8) is 0 Å². The van der Waals surface area contributed by atoms with Gasteiger partial charge in [0.1, 0.15) is 0 Å². The van der Waals surface area contributed by atoms with E-state index in [0.29, 0.717) is 18.5 Å². The zero-order valence-electron chi connectivity index (χ0n) is 9.64. The number of piperidine rings is 1. The molecule has 5 heteroatoms. The maximum Gasteiger partial charge on any atom is 0.236 e. The fourth-order valence-corrected chi connectivity index (χ4v) is 2.29.